The number of likely N-dealkylation sites (tertiary alicyclic amines) is 1. The van der Waals surface area contributed by atoms with Crippen LogP contribution in [0.5, 0.6) is 0 Å². The number of nitrogens with zero attached hydrogens (tertiary/aromatic N) is 1. The smallest absolute Gasteiger partial charge is 0.224 e. The lowest BCUT2D eigenvalue weighted by Crippen LogP contribution is -2.48. The molecule has 1 unspecified atom stereocenters. The van der Waals surface area contributed by atoms with E-state index in [0.29, 0.717) is 0 Å². The highest BCUT2D eigenvalue weighted by molar-refractivity contribution is 5.82. The Hall–Kier alpha value is -2.20. The van der Waals surface area contributed by atoms with E-state index in [1.807, 2.05) is 12.1 Å². The van der Waals surface area contributed by atoms with Crippen LogP contribution >= 0.6 is 0 Å². The molecule has 4 rings (SSSR count). The molecule has 2 fully saturated rings. The zero-order valence-corrected chi connectivity index (χ0v) is 15.0. The van der Waals surface area contributed by atoms with Crippen LogP contribution in [0, 0.1) is 11.7 Å². The van der Waals surface area contributed by atoms with Gasteiger partial charge in [0.1, 0.15) is 5.82 Å². The van der Waals surface area contributed by atoms with Gasteiger partial charge < -0.3 is 5.32 Å². The van der Waals surface area contributed by atoms with E-state index >= 15 is 0 Å². The number of nitrogens with one attached hydrogen (secondary N) is 1. The standard InChI is InChI=1S/C22H25FN2O/c23-19-8-4-7-18(15-19)22(20-9-12-24-21(20)26)10-13-25(14-11-22)16-17-5-2-1-3-6-17/h1-8,15,20H,9-14,16H2,(H,24,26). The van der Waals surface area contributed by atoms with Crippen LogP contribution in [0.25, 0.3) is 0 Å². The summed E-state index contributed by atoms with van der Waals surface area (Å²) in [6.07, 6.45) is 2.62. The summed E-state index contributed by atoms with van der Waals surface area (Å²) in [7, 11) is 0. The SMILES string of the molecule is O=C1NCCC1C1(c2cccc(F)c2)CCN(Cc2ccccc2)CC1. The summed E-state index contributed by atoms with van der Waals surface area (Å²) in [6.45, 7) is 3.51. The first-order chi connectivity index (χ1) is 12.7. The number of rotatable bonds is 4. The molecule has 0 aliphatic carbocycles. The molecule has 1 amide bonds. The molecule has 136 valence electrons. The number of carbonyl (C=O) groups excluding carboxylic acids is 1. The largest absolute Gasteiger partial charge is 0.356 e. The summed E-state index contributed by atoms with van der Waals surface area (Å²) in [5, 5.41) is 2.98. The second-order valence-corrected chi connectivity index (χ2v) is 7.56. The van der Waals surface area contributed by atoms with Crippen molar-refractivity contribution >= 4 is 5.91 Å². The average Bonchev–Trinajstić information content (AvgIpc) is 3.10. The first-order valence-electron chi connectivity index (χ1n) is 9.47. The van der Waals surface area contributed by atoms with Gasteiger partial charge in [-0.3, -0.25) is 9.69 Å². The Balaban J connectivity index is 1.57. The van der Waals surface area contributed by atoms with Gasteiger partial charge in [0.05, 0.1) is 0 Å². The highest BCUT2D eigenvalue weighted by Gasteiger charge is 2.47. The molecule has 0 bridgehead atoms. The summed E-state index contributed by atoms with van der Waals surface area (Å²) in [6, 6.07) is 17.4. The first-order valence-corrected chi connectivity index (χ1v) is 9.47. The molecule has 2 heterocycles. The Morgan fingerprint density at radius 1 is 1.08 bits per heavy atom. The molecule has 0 saturated carbocycles. The number of piperidine rings is 1. The van der Waals surface area contributed by atoms with Gasteiger partial charge >= 0.3 is 0 Å². The van der Waals surface area contributed by atoms with Gasteiger partial charge in [0.15, 0.2) is 0 Å². The second-order valence-electron chi connectivity index (χ2n) is 7.56. The maximum absolute atomic E-state index is 13.9. The van der Waals surface area contributed by atoms with Crippen LogP contribution in [0.4, 0.5) is 4.39 Å². The quantitative estimate of drug-likeness (QED) is 0.913. The molecular formula is C22H25FN2O. The molecule has 4 heteroatoms. The van der Waals surface area contributed by atoms with Crippen molar-refractivity contribution in [1.29, 1.82) is 0 Å². The zero-order chi connectivity index (χ0) is 18.0. The van der Waals surface area contributed by atoms with Gasteiger partial charge in [-0.2, -0.15) is 0 Å². The second kappa shape index (κ2) is 7.20. The minimum absolute atomic E-state index is 0.0526. The molecule has 2 aliphatic heterocycles. The minimum atomic E-state index is -0.254. The van der Waals surface area contributed by atoms with Crippen molar-refractivity contribution in [2.75, 3.05) is 19.6 Å². The van der Waals surface area contributed by atoms with Crippen LogP contribution in [0.15, 0.2) is 54.6 Å². The van der Waals surface area contributed by atoms with E-state index in [4.69, 9.17) is 0 Å². The highest BCUT2D eigenvalue weighted by Crippen LogP contribution is 2.45. The fraction of sp³-hybridized carbons (Fsp3) is 0.409. The predicted octanol–water partition coefficient (Wildman–Crippen LogP) is 3.50. The Morgan fingerprint density at radius 2 is 1.85 bits per heavy atom. The van der Waals surface area contributed by atoms with E-state index in [-0.39, 0.29) is 23.1 Å². The first kappa shape index (κ1) is 17.2. The molecule has 2 aromatic carbocycles. The van der Waals surface area contributed by atoms with Crippen molar-refractivity contribution in [3.8, 4) is 0 Å². The third-order valence-corrected chi connectivity index (χ3v) is 6.11. The van der Waals surface area contributed by atoms with Gasteiger partial charge in [-0.15, -0.1) is 0 Å². The van der Waals surface area contributed by atoms with Gasteiger partial charge in [-0.1, -0.05) is 42.5 Å². The summed E-state index contributed by atoms with van der Waals surface area (Å²) in [4.78, 5) is 14.9. The van der Waals surface area contributed by atoms with E-state index in [9.17, 15) is 9.18 Å². The lowest BCUT2D eigenvalue weighted by molar-refractivity contribution is -0.125. The third-order valence-electron chi connectivity index (χ3n) is 6.11. The van der Waals surface area contributed by atoms with E-state index in [0.717, 1.165) is 51.0 Å². The molecule has 3 nitrogen and oxygen atoms in total. The lowest BCUT2D eigenvalue weighted by Gasteiger charge is -2.45. The summed E-state index contributed by atoms with van der Waals surface area (Å²) in [5.41, 5.74) is 2.04. The number of hydrogen-bond donors (Lipinski definition) is 1. The molecule has 0 radical (unpaired) electrons. The van der Waals surface area contributed by atoms with Crippen LogP contribution in [0.3, 0.4) is 0 Å². The van der Waals surface area contributed by atoms with Crippen LogP contribution < -0.4 is 5.32 Å². The summed E-state index contributed by atoms with van der Waals surface area (Å²) < 4.78 is 13.9. The number of halogens is 1. The summed E-state index contributed by atoms with van der Waals surface area (Å²) >= 11 is 0. The van der Waals surface area contributed by atoms with Crippen molar-refractivity contribution in [1.82, 2.24) is 10.2 Å². The van der Waals surface area contributed by atoms with E-state index in [1.54, 1.807) is 12.1 Å². The third kappa shape index (κ3) is 3.26. The Kier molecular flexibility index (Phi) is 4.77. The molecule has 26 heavy (non-hydrogen) atoms. The van der Waals surface area contributed by atoms with Gasteiger partial charge in [0.2, 0.25) is 5.91 Å². The maximum atomic E-state index is 13.9. The predicted molar refractivity (Wildman–Crippen MR) is 100 cm³/mol. The molecule has 2 saturated heterocycles. The van der Waals surface area contributed by atoms with Crippen LogP contribution in [0.2, 0.25) is 0 Å². The van der Waals surface area contributed by atoms with Crippen molar-refractivity contribution in [2.24, 2.45) is 5.92 Å². The van der Waals surface area contributed by atoms with Gasteiger partial charge in [0.25, 0.3) is 0 Å². The van der Waals surface area contributed by atoms with Crippen molar-refractivity contribution < 1.29 is 9.18 Å². The van der Waals surface area contributed by atoms with E-state index < -0.39 is 0 Å². The topological polar surface area (TPSA) is 32.3 Å². The fourth-order valence-electron chi connectivity index (χ4n) is 4.71. The molecule has 0 aromatic heterocycles. The Bertz CT molecular complexity index is 769. The highest BCUT2D eigenvalue weighted by atomic mass is 19.1. The molecule has 1 N–H and O–H groups in total. The van der Waals surface area contributed by atoms with E-state index in [2.05, 4.69) is 34.5 Å². The average molecular weight is 352 g/mol. The van der Waals surface area contributed by atoms with Gasteiger partial charge in [-0.25, -0.2) is 4.39 Å². The molecule has 2 aromatic rings. The molecular weight excluding hydrogens is 327 g/mol. The van der Waals surface area contributed by atoms with Gasteiger partial charge in [-0.05, 0) is 55.6 Å². The Morgan fingerprint density at radius 3 is 2.50 bits per heavy atom. The number of hydrogen-bond acceptors (Lipinski definition) is 2. The lowest BCUT2D eigenvalue weighted by atomic mass is 9.63. The Labute approximate surface area is 154 Å². The zero-order valence-electron chi connectivity index (χ0n) is 15.0. The molecule has 2 aliphatic rings. The van der Waals surface area contributed by atoms with Crippen LogP contribution in [-0.2, 0) is 16.8 Å². The van der Waals surface area contributed by atoms with Crippen molar-refractivity contribution in [3.63, 3.8) is 0 Å². The van der Waals surface area contributed by atoms with Crippen molar-refractivity contribution in [3.05, 3.63) is 71.5 Å². The monoisotopic (exact) mass is 352 g/mol. The van der Waals surface area contributed by atoms with Gasteiger partial charge in [0, 0.05) is 24.4 Å². The summed E-state index contributed by atoms with van der Waals surface area (Å²) in [5.74, 6) is -0.138. The maximum Gasteiger partial charge on any atom is 0.224 e. The number of benzene rings is 2. The number of amides is 1. The van der Waals surface area contributed by atoms with E-state index in [1.165, 1.54) is 11.6 Å². The van der Waals surface area contributed by atoms with Crippen LogP contribution in [0.1, 0.15) is 30.4 Å². The fourth-order valence-corrected chi connectivity index (χ4v) is 4.71. The normalized spacial score (nSPS) is 23.0. The van der Waals surface area contributed by atoms with Crippen LogP contribution in [-0.4, -0.2) is 30.4 Å². The molecule has 1 atom stereocenters. The number of carbonyl (C=O) groups is 1. The van der Waals surface area contributed by atoms with Crippen molar-refractivity contribution in [2.45, 2.75) is 31.2 Å². The molecule has 0 spiro atoms. The minimum Gasteiger partial charge on any atom is -0.356 e.